The lowest BCUT2D eigenvalue weighted by molar-refractivity contribution is -0.142. The second-order valence-corrected chi connectivity index (χ2v) is 9.08. The van der Waals surface area contributed by atoms with Crippen molar-refractivity contribution in [3.63, 3.8) is 0 Å². The van der Waals surface area contributed by atoms with Gasteiger partial charge in [-0.25, -0.2) is 4.79 Å². The highest BCUT2D eigenvalue weighted by atomic mass is 16.4. The molecule has 0 aliphatic rings. The summed E-state index contributed by atoms with van der Waals surface area (Å²) >= 11 is 0. The van der Waals surface area contributed by atoms with Crippen LogP contribution in [0.3, 0.4) is 0 Å². The maximum absolute atomic E-state index is 13.0. The van der Waals surface area contributed by atoms with Gasteiger partial charge in [0, 0.05) is 6.42 Å². The van der Waals surface area contributed by atoms with Crippen molar-refractivity contribution in [2.45, 2.75) is 77.0 Å². The number of carboxylic acids is 1. The fourth-order valence-corrected chi connectivity index (χ4v) is 3.36. The van der Waals surface area contributed by atoms with Gasteiger partial charge in [0.2, 0.25) is 17.7 Å². The molecule has 0 saturated carbocycles. The van der Waals surface area contributed by atoms with Crippen LogP contribution in [-0.2, 0) is 25.6 Å². The molecule has 0 bridgehead atoms. The van der Waals surface area contributed by atoms with E-state index in [9.17, 15) is 29.4 Å². The summed E-state index contributed by atoms with van der Waals surface area (Å²) in [4.78, 5) is 49.7. The van der Waals surface area contributed by atoms with Gasteiger partial charge in [-0.05, 0) is 56.3 Å². The van der Waals surface area contributed by atoms with E-state index in [4.69, 9.17) is 11.5 Å². The summed E-state index contributed by atoms with van der Waals surface area (Å²) in [5, 5.41) is 26.6. The Kier molecular flexibility index (Phi) is 12.7. The Bertz CT molecular complexity index is 845. The highest BCUT2D eigenvalue weighted by Gasteiger charge is 2.29. The molecule has 4 unspecified atom stereocenters. The van der Waals surface area contributed by atoms with Crippen molar-refractivity contribution in [1.82, 2.24) is 16.0 Å². The Hall–Kier alpha value is -3.18. The van der Waals surface area contributed by atoms with Crippen LogP contribution in [-0.4, -0.2) is 64.6 Å². The van der Waals surface area contributed by atoms with Crippen LogP contribution in [0.5, 0.6) is 5.75 Å². The number of carbonyl (C=O) groups is 4. The van der Waals surface area contributed by atoms with Crippen LogP contribution in [0.2, 0.25) is 0 Å². The van der Waals surface area contributed by atoms with Crippen LogP contribution < -0.4 is 27.4 Å². The number of phenolic OH excluding ortho intramolecular Hbond substituents is 1. The molecular weight excluding hydrogens is 454 g/mol. The molecule has 3 amide bonds. The molecule has 0 aliphatic carbocycles. The Morgan fingerprint density at radius 1 is 0.886 bits per heavy atom. The lowest BCUT2D eigenvalue weighted by Gasteiger charge is -2.24. The predicted octanol–water partition coefficient (Wildman–Crippen LogP) is -0.00400. The number of amides is 3. The lowest BCUT2D eigenvalue weighted by Crippen LogP contribution is -2.57. The Labute approximate surface area is 206 Å². The highest BCUT2D eigenvalue weighted by molar-refractivity contribution is 5.94. The van der Waals surface area contributed by atoms with Gasteiger partial charge >= 0.3 is 5.97 Å². The van der Waals surface area contributed by atoms with Crippen molar-refractivity contribution in [3.05, 3.63) is 29.8 Å². The molecule has 0 aromatic heterocycles. The van der Waals surface area contributed by atoms with Crippen molar-refractivity contribution in [1.29, 1.82) is 0 Å². The minimum Gasteiger partial charge on any atom is -0.508 e. The molecule has 196 valence electrons. The van der Waals surface area contributed by atoms with Crippen molar-refractivity contribution >= 4 is 23.7 Å². The van der Waals surface area contributed by atoms with E-state index >= 15 is 0 Å². The molecule has 1 rings (SSSR count). The average Bonchev–Trinajstić information content (AvgIpc) is 2.78. The van der Waals surface area contributed by atoms with Crippen molar-refractivity contribution in [2.24, 2.45) is 17.4 Å². The zero-order chi connectivity index (χ0) is 26.5. The molecule has 0 saturated heterocycles. The van der Waals surface area contributed by atoms with Crippen LogP contribution in [0.25, 0.3) is 0 Å². The van der Waals surface area contributed by atoms with Crippen molar-refractivity contribution < 1.29 is 29.4 Å². The Morgan fingerprint density at radius 3 is 2.03 bits per heavy atom. The van der Waals surface area contributed by atoms with Gasteiger partial charge in [-0.15, -0.1) is 0 Å². The molecule has 0 heterocycles. The van der Waals surface area contributed by atoms with E-state index in [0.29, 0.717) is 24.9 Å². The SMILES string of the molecule is CC(C)CC(NC(=O)C(Cc1ccc(O)cc1)NC(=O)C(C)NC(=O)C(N)CCCCN)C(=O)O. The van der Waals surface area contributed by atoms with Gasteiger partial charge < -0.3 is 37.6 Å². The second kappa shape index (κ2) is 14.9. The molecule has 0 radical (unpaired) electrons. The normalized spacial score (nSPS) is 14.5. The summed E-state index contributed by atoms with van der Waals surface area (Å²) in [5.74, 6) is -2.90. The third-order valence-electron chi connectivity index (χ3n) is 5.39. The summed E-state index contributed by atoms with van der Waals surface area (Å²) in [7, 11) is 0. The molecule has 9 N–H and O–H groups in total. The monoisotopic (exact) mass is 493 g/mol. The van der Waals surface area contributed by atoms with Gasteiger partial charge in [-0.1, -0.05) is 32.4 Å². The lowest BCUT2D eigenvalue weighted by atomic mass is 10.0. The Morgan fingerprint density at radius 2 is 1.49 bits per heavy atom. The zero-order valence-electron chi connectivity index (χ0n) is 20.6. The van der Waals surface area contributed by atoms with Crippen LogP contribution >= 0.6 is 0 Å². The summed E-state index contributed by atoms with van der Waals surface area (Å²) in [6.07, 6.45) is 2.11. The van der Waals surface area contributed by atoms with Gasteiger partial charge in [0.25, 0.3) is 0 Å². The first kappa shape index (κ1) is 29.9. The van der Waals surface area contributed by atoms with Gasteiger partial charge in [0.15, 0.2) is 0 Å². The molecule has 0 aliphatic heterocycles. The molecule has 0 fully saturated rings. The van der Waals surface area contributed by atoms with Gasteiger partial charge in [-0.2, -0.15) is 0 Å². The Balaban J connectivity index is 2.92. The van der Waals surface area contributed by atoms with Gasteiger partial charge in [0.1, 0.15) is 23.9 Å². The van der Waals surface area contributed by atoms with Crippen LogP contribution in [0.15, 0.2) is 24.3 Å². The number of carbonyl (C=O) groups excluding carboxylic acids is 3. The number of benzene rings is 1. The minimum absolute atomic E-state index is 0.0193. The standard InChI is InChI=1S/C24H39N5O6/c1-14(2)12-20(24(34)35)29-23(33)19(13-16-7-9-17(30)10-8-16)28-21(31)15(3)27-22(32)18(26)6-4-5-11-25/h7-10,14-15,18-20,30H,4-6,11-13,25-26H2,1-3H3,(H,27,32)(H,28,31)(H,29,33)(H,34,35). The number of nitrogens with one attached hydrogen (secondary N) is 3. The zero-order valence-corrected chi connectivity index (χ0v) is 20.6. The minimum atomic E-state index is -1.17. The van der Waals surface area contributed by atoms with Crippen molar-refractivity contribution in [3.8, 4) is 5.75 Å². The number of phenols is 1. The first-order valence-electron chi connectivity index (χ1n) is 11.8. The summed E-state index contributed by atoms with van der Waals surface area (Å²) in [6.45, 7) is 5.64. The number of unbranched alkanes of at least 4 members (excludes halogenated alkanes) is 1. The molecule has 11 heteroatoms. The number of hydrogen-bond donors (Lipinski definition) is 7. The number of hydrogen-bond acceptors (Lipinski definition) is 7. The number of aliphatic carboxylic acids is 1. The first-order chi connectivity index (χ1) is 16.4. The number of rotatable bonds is 15. The number of carboxylic acid groups (broad SMARTS) is 1. The number of nitrogens with two attached hydrogens (primary N) is 2. The van der Waals surface area contributed by atoms with E-state index in [1.807, 2.05) is 13.8 Å². The summed E-state index contributed by atoms with van der Waals surface area (Å²) in [5.41, 5.74) is 11.9. The molecule has 11 nitrogen and oxygen atoms in total. The topological polar surface area (TPSA) is 197 Å². The largest absolute Gasteiger partial charge is 0.508 e. The predicted molar refractivity (Wildman–Crippen MR) is 131 cm³/mol. The molecule has 0 spiro atoms. The average molecular weight is 494 g/mol. The molecule has 1 aromatic rings. The maximum Gasteiger partial charge on any atom is 0.326 e. The fraction of sp³-hybridized carbons (Fsp3) is 0.583. The third kappa shape index (κ3) is 11.2. The second-order valence-electron chi connectivity index (χ2n) is 9.08. The smallest absolute Gasteiger partial charge is 0.326 e. The van der Waals surface area contributed by atoms with Crippen LogP contribution in [0, 0.1) is 5.92 Å². The quantitative estimate of drug-likeness (QED) is 0.166. The molecule has 35 heavy (non-hydrogen) atoms. The van der Waals surface area contributed by atoms with E-state index in [0.717, 1.165) is 6.42 Å². The van der Waals surface area contributed by atoms with Gasteiger partial charge in [-0.3, -0.25) is 14.4 Å². The van der Waals surface area contributed by atoms with E-state index in [-0.39, 0.29) is 24.5 Å². The molecular formula is C24H39N5O6. The number of aromatic hydroxyl groups is 1. The van der Waals surface area contributed by atoms with Crippen LogP contribution in [0.4, 0.5) is 0 Å². The highest BCUT2D eigenvalue weighted by Crippen LogP contribution is 2.12. The van der Waals surface area contributed by atoms with Crippen molar-refractivity contribution in [2.75, 3.05) is 6.54 Å². The van der Waals surface area contributed by atoms with Gasteiger partial charge in [0.05, 0.1) is 6.04 Å². The molecule has 1 aromatic carbocycles. The molecule has 4 atom stereocenters. The fourth-order valence-electron chi connectivity index (χ4n) is 3.36. The van der Waals surface area contributed by atoms with E-state index in [1.165, 1.54) is 19.1 Å². The first-order valence-corrected chi connectivity index (χ1v) is 11.8. The summed E-state index contributed by atoms with van der Waals surface area (Å²) in [6, 6.07) is 2.07. The maximum atomic E-state index is 13.0. The van der Waals surface area contributed by atoms with E-state index < -0.39 is 47.9 Å². The summed E-state index contributed by atoms with van der Waals surface area (Å²) < 4.78 is 0. The van der Waals surface area contributed by atoms with Crippen LogP contribution in [0.1, 0.15) is 52.0 Å². The van der Waals surface area contributed by atoms with E-state index in [1.54, 1.807) is 12.1 Å². The third-order valence-corrected chi connectivity index (χ3v) is 5.39. The van der Waals surface area contributed by atoms with E-state index in [2.05, 4.69) is 16.0 Å².